The van der Waals surface area contributed by atoms with Gasteiger partial charge in [-0.3, -0.25) is 0 Å². The number of nitrogens with zero attached hydrogens (tertiary/aromatic N) is 4. The van der Waals surface area contributed by atoms with Gasteiger partial charge in [0.2, 0.25) is 0 Å². The fraction of sp³-hybridized carbons (Fsp3) is 0.231. The summed E-state index contributed by atoms with van der Waals surface area (Å²) in [6, 6.07) is 5.40. The number of aliphatic imine (C=N–C) groups is 1. The predicted molar refractivity (Wildman–Crippen MR) is 88.8 cm³/mol. The lowest BCUT2D eigenvalue weighted by Gasteiger charge is -2.02. The van der Waals surface area contributed by atoms with Gasteiger partial charge < -0.3 is 11.2 Å². The van der Waals surface area contributed by atoms with Crippen molar-refractivity contribution in [2.24, 2.45) is 15.9 Å². The Balaban J connectivity index is 0.00000338. The summed E-state index contributed by atoms with van der Waals surface area (Å²) in [7, 11) is -3.76. The minimum atomic E-state index is -3.76. The first-order valence-electron chi connectivity index (χ1n) is 6.93. The molecule has 2 aromatic rings. The standard InChI is InChI=1S/C13H14FN7O3S.H2O/c14-10-4-3-9(6-8(10)7-15)19-13(16)12-11(20-24-21-12)2-1-5-18-25(17,22)23;/h3-4,6,18H,1-2,5H2,(H2,16,19)(H2,17,22,23);1H2. The van der Waals surface area contributed by atoms with Crippen LogP contribution in [0.5, 0.6) is 0 Å². The SMILES string of the molecule is N#Cc1cc(N=C(N)c2nonc2CCCNS(N)(=O)=O)ccc1F.O. The van der Waals surface area contributed by atoms with Gasteiger partial charge in [0.25, 0.3) is 10.2 Å². The fourth-order valence-corrected chi connectivity index (χ4v) is 2.32. The number of hydrogen-bond acceptors (Lipinski definition) is 7. The molecule has 0 aliphatic rings. The third-order valence-corrected chi connectivity index (χ3v) is 3.62. The number of halogens is 1. The number of nitrogens with two attached hydrogens (primary N) is 2. The van der Waals surface area contributed by atoms with Crippen molar-refractivity contribution in [3.8, 4) is 6.07 Å². The normalized spacial score (nSPS) is 11.7. The molecule has 0 bridgehead atoms. The molecule has 2 rings (SSSR count). The van der Waals surface area contributed by atoms with E-state index < -0.39 is 16.0 Å². The number of rotatable bonds is 7. The lowest BCUT2D eigenvalue weighted by atomic mass is 10.2. The maximum atomic E-state index is 13.3. The highest BCUT2D eigenvalue weighted by Gasteiger charge is 2.14. The number of aryl methyl sites for hydroxylation is 1. The Morgan fingerprint density at radius 1 is 1.42 bits per heavy atom. The first kappa shape index (κ1) is 21.1. The van der Waals surface area contributed by atoms with Crippen molar-refractivity contribution >= 4 is 21.7 Å². The summed E-state index contributed by atoms with van der Waals surface area (Å²) < 4.78 is 41.6. The Bertz CT molecular complexity index is 936. The molecule has 0 radical (unpaired) electrons. The van der Waals surface area contributed by atoms with Crippen LogP contribution in [0.3, 0.4) is 0 Å². The van der Waals surface area contributed by atoms with Gasteiger partial charge in [0.05, 0.1) is 11.3 Å². The van der Waals surface area contributed by atoms with Gasteiger partial charge >= 0.3 is 0 Å². The van der Waals surface area contributed by atoms with E-state index in [0.717, 1.165) is 6.07 Å². The maximum Gasteiger partial charge on any atom is 0.274 e. The van der Waals surface area contributed by atoms with Crippen molar-refractivity contribution in [3.05, 3.63) is 41.0 Å². The second-order valence-corrected chi connectivity index (χ2v) is 6.25. The molecule has 0 fully saturated rings. The summed E-state index contributed by atoms with van der Waals surface area (Å²) in [6.07, 6.45) is 0.685. The largest absolute Gasteiger partial charge is 0.412 e. The van der Waals surface area contributed by atoms with E-state index in [1.807, 2.05) is 0 Å². The average molecular weight is 385 g/mol. The van der Waals surface area contributed by atoms with Crippen LogP contribution >= 0.6 is 0 Å². The number of aromatic nitrogens is 2. The average Bonchev–Trinajstić information content (AvgIpc) is 3.01. The number of hydrogen-bond donors (Lipinski definition) is 3. The maximum absolute atomic E-state index is 13.3. The Hall–Kier alpha value is -2.92. The molecule has 0 aliphatic carbocycles. The monoisotopic (exact) mass is 385 g/mol. The zero-order chi connectivity index (χ0) is 18.4. The minimum Gasteiger partial charge on any atom is -0.412 e. The van der Waals surface area contributed by atoms with E-state index in [9.17, 15) is 12.8 Å². The van der Waals surface area contributed by atoms with E-state index in [2.05, 4.69) is 24.7 Å². The number of nitriles is 1. The predicted octanol–water partition coefficient (Wildman–Crippen LogP) is -0.982. The lowest BCUT2D eigenvalue weighted by molar-refractivity contribution is 0.302. The second kappa shape index (κ2) is 8.97. The van der Waals surface area contributed by atoms with Crippen LogP contribution in [0.4, 0.5) is 10.1 Å². The Kier molecular flexibility index (Phi) is 7.28. The summed E-state index contributed by atoms with van der Waals surface area (Å²) >= 11 is 0. The molecule has 11 nitrogen and oxygen atoms in total. The van der Waals surface area contributed by atoms with E-state index in [1.54, 1.807) is 6.07 Å². The molecule has 0 saturated carbocycles. The molecular formula is C13H16FN7O4S. The lowest BCUT2D eigenvalue weighted by Crippen LogP contribution is -2.31. The molecule has 0 amide bonds. The molecule has 0 aliphatic heterocycles. The quantitative estimate of drug-likeness (QED) is 0.308. The van der Waals surface area contributed by atoms with Crippen molar-refractivity contribution in [1.29, 1.82) is 5.26 Å². The van der Waals surface area contributed by atoms with Crippen LogP contribution in [0.2, 0.25) is 0 Å². The van der Waals surface area contributed by atoms with Crippen LogP contribution < -0.4 is 15.6 Å². The zero-order valence-electron chi connectivity index (χ0n) is 13.3. The highest BCUT2D eigenvalue weighted by Crippen LogP contribution is 2.18. The molecule has 26 heavy (non-hydrogen) atoms. The smallest absolute Gasteiger partial charge is 0.274 e. The molecule has 1 heterocycles. The fourth-order valence-electron chi connectivity index (χ4n) is 1.90. The molecule has 1 aromatic heterocycles. The third-order valence-electron chi connectivity index (χ3n) is 3.01. The summed E-state index contributed by atoms with van der Waals surface area (Å²) in [5, 5.41) is 21.0. The Morgan fingerprint density at radius 2 is 2.15 bits per heavy atom. The molecule has 0 saturated heterocycles. The van der Waals surface area contributed by atoms with Crippen LogP contribution in [0, 0.1) is 17.1 Å². The molecule has 0 atom stereocenters. The van der Waals surface area contributed by atoms with Gasteiger partial charge in [-0.2, -0.15) is 13.7 Å². The van der Waals surface area contributed by atoms with Crippen molar-refractivity contribution in [2.75, 3.05) is 6.54 Å². The molecule has 0 unspecified atom stereocenters. The molecule has 140 valence electrons. The van der Waals surface area contributed by atoms with Gasteiger partial charge in [-0.25, -0.2) is 23.9 Å². The van der Waals surface area contributed by atoms with Crippen LogP contribution in [0.25, 0.3) is 0 Å². The van der Waals surface area contributed by atoms with Gasteiger partial charge in [0.15, 0.2) is 11.5 Å². The summed E-state index contributed by atoms with van der Waals surface area (Å²) in [5.41, 5.74) is 6.51. The molecule has 0 spiro atoms. The number of nitrogens with one attached hydrogen (secondary N) is 1. The number of amidine groups is 1. The van der Waals surface area contributed by atoms with Gasteiger partial charge in [-0.15, -0.1) is 0 Å². The zero-order valence-corrected chi connectivity index (χ0v) is 14.1. The van der Waals surface area contributed by atoms with Crippen molar-refractivity contribution in [1.82, 2.24) is 15.0 Å². The van der Waals surface area contributed by atoms with Gasteiger partial charge in [0.1, 0.15) is 17.6 Å². The van der Waals surface area contributed by atoms with Crippen molar-refractivity contribution in [2.45, 2.75) is 12.8 Å². The molecular weight excluding hydrogens is 369 g/mol. The first-order valence-corrected chi connectivity index (χ1v) is 8.48. The number of benzene rings is 1. The Morgan fingerprint density at radius 3 is 2.81 bits per heavy atom. The van der Waals surface area contributed by atoms with Gasteiger partial charge in [0, 0.05) is 6.54 Å². The van der Waals surface area contributed by atoms with Crippen LogP contribution in [-0.2, 0) is 16.6 Å². The van der Waals surface area contributed by atoms with E-state index >= 15 is 0 Å². The minimum absolute atomic E-state index is 0. The van der Waals surface area contributed by atoms with E-state index in [1.165, 1.54) is 12.1 Å². The van der Waals surface area contributed by atoms with Crippen LogP contribution in [-0.4, -0.2) is 36.6 Å². The molecule has 1 aromatic carbocycles. The first-order chi connectivity index (χ1) is 11.8. The van der Waals surface area contributed by atoms with Crippen molar-refractivity contribution < 1.29 is 22.9 Å². The second-order valence-electron chi connectivity index (χ2n) is 4.88. The van der Waals surface area contributed by atoms with Gasteiger partial charge in [-0.1, -0.05) is 5.16 Å². The summed E-state index contributed by atoms with van der Waals surface area (Å²) in [4.78, 5) is 4.06. The van der Waals surface area contributed by atoms with Crippen molar-refractivity contribution in [3.63, 3.8) is 0 Å². The third kappa shape index (κ3) is 5.86. The highest BCUT2D eigenvalue weighted by molar-refractivity contribution is 7.87. The highest BCUT2D eigenvalue weighted by atomic mass is 32.2. The summed E-state index contributed by atoms with van der Waals surface area (Å²) in [6.45, 7) is 0.103. The van der Waals surface area contributed by atoms with E-state index in [0.29, 0.717) is 18.5 Å². The van der Waals surface area contributed by atoms with E-state index in [4.69, 9.17) is 16.1 Å². The van der Waals surface area contributed by atoms with E-state index in [-0.39, 0.29) is 34.8 Å². The molecule has 13 heteroatoms. The van der Waals surface area contributed by atoms with Crippen LogP contribution in [0.15, 0.2) is 27.8 Å². The summed E-state index contributed by atoms with van der Waals surface area (Å²) in [5.74, 6) is -0.697. The van der Waals surface area contributed by atoms with Crippen LogP contribution in [0.1, 0.15) is 23.4 Å². The molecule has 7 N–H and O–H groups in total. The van der Waals surface area contributed by atoms with Gasteiger partial charge in [-0.05, 0) is 36.2 Å². The Labute approximate surface area is 148 Å². The topological polar surface area (TPSA) is 205 Å².